The van der Waals surface area contributed by atoms with E-state index in [1.807, 2.05) is 0 Å². The van der Waals surface area contributed by atoms with E-state index in [2.05, 4.69) is 338 Å². The lowest BCUT2D eigenvalue weighted by Gasteiger charge is -2.20. The molecule has 0 saturated carbocycles. The fraction of sp³-hybridized carbons (Fsp3) is 0. The normalized spacial score (nSPS) is 11.8. The third-order valence-electron chi connectivity index (χ3n) is 18.9. The van der Waals surface area contributed by atoms with Crippen LogP contribution in [0.5, 0.6) is 0 Å². The van der Waals surface area contributed by atoms with Crippen molar-refractivity contribution in [2.45, 2.75) is 0 Å². The van der Waals surface area contributed by atoms with Gasteiger partial charge in [-0.15, -0.1) is 0 Å². The molecule has 0 atom stereocenters. The lowest BCUT2D eigenvalue weighted by Crippen LogP contribution is -1.94. The quantitative estimate of drug-likeness (QED) is 0.120. The average molecular weight is 1130 g/mol. The third-order valence-corrected chi connectivity index (χ3v) is 18.9. The topological polar surface area (TPSA) is 4.93 Å². The fourth-order valence-electron chi connectivity index (χ4n) is 15.1. The van der Waals surface area contributed by atoms with Crippen LogP contribution in [0.15, 0.2) is 334 Å². The van der Waals surface area contributed by atoms with Crippen molar-refractivity contribution >= 4 is 130 Å². The van der Waals surface area contributed by atoms with Crippen LogP contribution < -0.4 is 0 Å². The minimum Gasteiger partial charge on any atom is -0.309 e. The first-order valence-corrected chi connectivity index (χ1v) is 30.9. The summed E-state index contributed by atoms with van der Waals surface area (Å²) >= 11 is 0. The Labute approximate surface area is 514 Å². The van der Waals surface area contributed by atoms with Gasteiger partial charge in [-0.2, -0.15) is 0 Å². The SMILES string of the molecule is c1ccc(-n2c3ccccc3c3ccc(-c4c5ccccc5c(-c5ccc6c(ccc7ccccc76)c5)c5ccccc45)cc32)cc1.c1ccc2c(c1)ccc1cc(-c3c4ccccc4c(-c4cc5ccccc5c5ccccc45)c4ccccc34)ccc12. The van der Waals surface area contributed by atoms with E-state index < -0.39 is 0 Å². The van der Waals surface area contributed by atoms with Gasteiger partial charge in [0.15, 0.2) is 0 Å². The molecule has 1 heteroatoms. The second-order valence-corrected chi connectivity index (χ2v) is 23.7. The second kappa shape index (κ2) is 20.5. The molecule has 0 aliphatic heterocycles. The Morgan fingerprint density at radius 2 is 0.461 bits per heavy atom. The average Bonchev–Trinajstić information content (AvgIpc) is 1.26. The van der Waals surface area contributed by atoms with Gasteiger partial charge in [-0.25, -0.2) is 0 Å². The van der Waals surface area contributed by atoms with Crippen LogP contribution >= 0.6 is 0 Å². The predicted octanol–water partition coefficient (Wildman–Crippen LogP) is 24.7. The summed E-state index contributed by atoms with van der Waals surface area (Å²) in [7, 11) is 0. The molecule has 412 valence electrons. The summed E-state index contributed by atoms with van der Waals surface area (Å²) in [5, 5.41) is 28.1. The van der Waals surface area contributed by atoms with E-state index in [9.17, 15) is 0 Å². The molecule has 0 saturated heterocycles. The Morgan fingerprint density at radius 1 is 0.157 bits per heavy atom. The highest BCUT2D eigenvalue weighted by atomic mass is 15.0. The summed E-state index contributed by atoms with van der Waals surface area (Å²) in [4.78, 5) is 0. The van der Waals surface area contributed by atoms with E-state index in [1.54, 1.807) is 0 Å². The maximum absolute atomic E-state index is 2.41. The van der Waals surface area contributed by atoms with Crippen LogP contribution in [0.1, 0.15) is 0 Å². The molecule has 0 bridgehead atoms. The number of hydrogen-bond acceptors (Lipinski definition) is 0. The Morgan fingerprint density at radius 3 is 0.944 bits per heavy atom. The van der Waals surface area contributed by atoms with Crippen LogP contribution in [0.4, 0.5) is 0 Å². The molecule has 89 heavy (non-hydrogen) atoms. The van der Waals surface area contributed by atoms with Gasteiger partial charge in [-0.3, -0.25) is 0 Å². The second-order valence-electron chi connectivity index (χ2n) is 23.7. The van der Waals surface area contributed by atoms with Crippen LogP contribution in [0.3, 0.4) is 0 Å². The van der Waals surface area contributed by atoms with Crippen LogP contribution in [-0.4, -0.2) is 4.57 Å². The minimum absolute atomic E-state index is 1.17. The molecule has 0 spiro atoms. The number of aromatic nitrogens is 1. The van der Waals surface area contributed by atoms with Crippen molar-refractivity contribution in [3.05, 3.63) is 334 Å². The lowest BCUT2D eigenvalue weighted by atomic mass is 9.83. The predicted molar refractivity (Wildman–Crippen MR) is 384 cm³/mol. The molecule has 0 N–H and O–H groups in total. The Kier molecular flexibility index (Phi) is 11.7. The van der Waals surface area contributed by atoms with Gasteiger partial charge in [0.05, 0.1) is 11.0 Å². The number of benzene rings is 18. The Hall–Kier alpha value is -11.6. The van der Waals surface area contributed by atoms with E-state index in [1.165, 1.54) is 180 Å². The zero-order valence-corrected chi connectivity index (χ0v) is 48.7. The van der Waals surface area contributed by atoms with Crippen molar-refractivity contribution in [3.8, 4) is 50.2 Å². The van der Waals surface area contributed by atoms with Crippen LogP contribution in [-0.2, 0) is 0 Å². The highest BCUT2D eigenvalue weighted by Crippen LogP contribution is 2.49. The maximum atomic E-state index is 2.41. The first-order chi connectivity index (χ1) is 44.2. The molecular formula is C88H55N. The van der Waals surface area contributed by atoms with Gasteiger partial charge in [0.25, 0.3) is 0 Å². The maximum Gasteiger partial charge on any atom is 0.0547 e. The molecule has 1 heterocycles. The minimum atomic E-state index is 1.17. The molecule has 1 nitrogen and oxygen atoms in total. The van der Waals surface area contributed by atoms with Crippen molar-refractivity contribution < 1.29 is 0 Å². The molecule has 18 aromatic carbocycles. The number of hydrogen-bond donors (Lipinski definition) is 0. The first kappa shape index (κ1) is 50.7. The van der Waals surface area contributed by atoms with Crippen LogP contribution in [0.25, 0.3) is 180 Å². The fourth-order valence-corrected chi connectivity index (χ4v) is 15.1. The zero-order valence-electron chi connectivity index (χ0n) is 48.7. The smallest absolute Gasteiger partial charge is 0.0547 e. The van der Waals surface area contributed by atoms with E-state index >= 15 is 0 Å². The monoisotopic (exact) mass is 1130 g/mol. The molecule has 19 rings (SSSR count). The van der Waals surface area contributed by atoms with Crippen molar-refractivity contribution in [3.63, 3.8) is 0 Å². The van der Waals surface area contributed by atoms with Gasteiger partial charge in [-0.05, 0) is 195 Å². The van der Waals surface area contributed by atoms with E-state index in [4.69, 9.17) is 0 Å². The molecule has 0 unspecified atom stereocenters. The van der Waals surface area contributed by atoms with Crippen LogP contribution in [0, 0.1) is 0 Å². The molecular weight excluding hydrogens is 1070 g/mol. The molecule has 0 radical (unpaired) electrons. The highest BCUT2D eigenvalue weighted by molar-refractivity contribution is 6.27. The molecule has 19 aromatic rings. The van der Waals surface area contributed by atoms with Gasteiger partial charge in [0.2, 0.25) is 0 Å². The van der Waals surface area contributed by atoms with Gasteiger partial charge < -0.3 is 4.57 Å². The van der Waals surface area contributed by atoms with E-state index in [0.717, 1.165) is 0 Å². The molecule has 1 aromatic heterocycles. The summed E-state index contributed by atoms with van der Waals surface area (Å²) in [6.45, 7) is 0. The number of para-hydroxylation sites is 2. The molecule has 0 aliphatic rings. The summed E-state index contributed by atoms with van der Waals surface area (Å²) in [6, 6.07) is 123. The van der Waals surface area contributed by atoms with Crippen molar-refractivity contribution in [1.29, 1.82) is 0 Å². The third kappa shape index (κ3) is 8.10. The number of rotatable bonds is 5. The number of fused-ring (bicyclic) bond motifs is 16. The van der Waals surface area contributed by atoms with Gasteiger partial charge in [0.1, 0.15) is 0 Å². The molecule has 0 fully saturated rings. The Balaban J connectivity index is 0.000000134. The highest BCUT2D eigenvalue weighted by Gasteiger charge is 2.22. The van der Waals surface area contributed by atoms with Gasteiger partial charge >= 0.3 is 0 Å². The lowest BCUT2D eigenvalue weighted by molar-refractivity contribution is 1.18. The van der Waals surface area contributed by atoms with Crippen molar-refractivity contribution in [2.75, 3.05) is 0 Å². The van der Waals surface area contributed by atoms with E-state index in [-0.39, 0.29) is 0 Å². The summed E-state index contributed by atoms with van der Waals surface area (Å²) in [6.07, 6.45) is 0. The first-order valence-electron chi connectivity index (χ1n) is 30.9. The largest absolute Gasteiger partial charge is 0.309 e. The van der Waals surface area contributed by atoms with Crippen molar-refractivity contribution in [2.24, 2.45) is 0 Å². The van der Waals surface area contributed by atoms with Gasteiger partial charge in [0, 0.05) is 16.5 Å². The number of nitrogens with zero attached hydrogens (tertiary/aromatic N) is 1. The van der Waals surface area contributed by atoms with Crippen molar-refractivity contribution in [1.82, 2.24) is 4.57 Å². The van der Waals surface area contributed by atoms with E-state index in [0.29, 0.717) is 0 Å². The van der Waals surface area contributed by atoms with Crippen LogP contribution in [0.2, 0.25) is 0 Å². The summed E-state index contributed by atoms with van der Waals surface area (Å²) < 4.78 is 2.41. The van der Waals surface area contributed by atoms with Gasteiger partial charge in [-0.1, -0.05) is 291 Å². The zero-order chi connectivity index (χ0) is 58.5. The molecule has 0 aliphatic carbocycles. The Bertz CT molecular complexity index is 5990. The summed E-state index contributed by atoms with van der Waals surface area (Å²) in [5.41, 5.74) is 13.8. The standard InChI is InChI=1S/C46H29N.C42H26/c1-2-13-34(14-3-1)47-43-21-11-10-16-37(43)38-27-25-33(29-44(38)47)46-41-19-8-6-17-39(41)45(40-18-7-9-20-42(40)46)32-24-26-36-31(28-32)23-22-30-12-4-5-15-35(30)36;1-3-13-31-27(11-1)21-22-29-25-30(23-24-33(29)31)41-36-17-7-9-19-38(36)42(39-20-10-8-18-37(39)41)40-26-28-12-2-4-14-32(28)34-15-5-6-16-35(34)40/h1-29H;1-26H. The molecule has 0 amide bonds. The summed E-state index contributed by atoms with van der Waals surface area (Å²) in [5.74, 6) is 0.